The van der Waals surface area contributed by atoms with E-state index < -0.39 is 0 Å². The van der Waals surface area contributed by atoms with E-state index in [4.69, 9.17) is 23.2 Å². The van der Waals surface area contributed by atoms with Gasteiger partial charge in [0, 0.05) is 33.7 Å². The summed E-state index contributed by atoms with van der Waals surface area (Å²) in [6.45, 7) is 0.432. The van der Waals surface area contributed by atoms with Gasteiger partial charge in [-0.25, -0.2) is 0 Å². The van der Waals surface area contributed by atoms with E-state index in [0.29, 0.717) is 22.2 Å². The molecule has 20 heavy (non-hydrogen) atoms. The molecule has 0 N–H and O–H groups in total. The molecule has 0 aliphatic carbocycles. The molecule has 2 rings (SSSR count). The topological polar surface area (TPSA) is 20.3 Å². The van der Waals surface area contributed by atoms with Gasteiger partial charge < -0.3 is 4.90 Å². The number of amides is 1. The molecule has 0 fully saturated rings. The highest BCUT2D eigenvalue weighted by molar-refractivity contribution is 9.10. The molecule has 0 heterocycles. The first-order valence-corrected chi connectivity index (χ1v) is 7.47. The Labute approximate surface area is 136 Å². The number of rotatable bonds is 3. The lowest BCUT2D eigenvalue weighted by molar-refractivity contribution is 0.0785. The van der Waals surface area contributed by atoms with Gasteiger partial charge in [0.15, 0.2) is 0 Å². The lowest BCUT2D eigenvalue weighted by Crippen LogP contribution is -2.26. The molecule has 0 aromatic heterocycles. The van der Waals surface area contributed by atoms with Gasteiger partial charge in [0.1, 0.15) is 0 Å². The minimum Gasteiger partial charge on any atom is -0.337 e. The fourth-order valence-corrected chi connectivity index (χ4v) is 2.69. The molecule has 0 atom stereocenters. The van der Waals surface area contributed by atoms with Gasteiger partial charge >= 0.3 is 0 Å². The molecule has 2 nitrogen and oxygen atoms in total. The third-order valence-electron chi connectivity index (χ3n) is 2.84. The summed E-state index contributed by atoms with van der Waals surface area (Å²) in [5.74, 6) is -0.0580. The summed E-state index contributed by atoms with van der Waals surface area (Å²) in [5, 5.41) is 1.14. The van der Waals surface area contributed by atoms with Crippen LogP contribution in [0, 0.1) is 0 Å². The van der Waals surface area contributed by atoms with E-state index in [-0.39, 0.29) is 5.91 Å². The summed E-state index contributed by atoms with van der Waals surface area (Å²) in [6, 6.07) is 12.6. The predicted molar refractivity (Wildman–Crippen MR) is 86.4 cm³/mol. The van der Waals surface area contributed by atoms with Crippen LogP contribution in [0.3, 0.4) is 0 Å². The Hall–Kier alpha value is -1.03. The minimum atomic E-state index is -0.0580. The first-order chi connectivity index (χ1) is 9.47. The zero-order valence-corrected chi connectivity index (χ0v) is 13.8. The zero-order valence-electron chi connectivity index (χ0n) is 10.7. The molecule has 0 aliphatic heterocycles. The SMILES string of the molecule is CN(Cc1ccc(Cl)cc1Cl)C(=O)c1cccc(Br)c1. The molecule has 0 saturated carbocycles. The van der Waals surface area contributed by atoms with Gasteiger partial charge in [-0.15, -0.1) is 0 Å². The van der Waals surface area contributed by atoms with Gasteiger partial charge in [0.25, 0.3) is 5.91 Å². The molecule has 0 bridgehead atoms. The predicted octanol–water partition coefficient (Wildman–Crippen LogP) is 5.03. The molecule has 0 aliphatic rings. The van der Waals surface area contributed by atoms with Crippen molar-refractivity contribution in [2.24, 2.45) is 0 Å². The van der Waals surface area contributed by atoms with Gasteiger partial charge in [-0.05, 0) is 35.9 Å². The molecule has 0 saturated heterocycles. The van der Waals surface area contributed by atoms with Crippen molar-refractivity contribution in [3.8, 4) is 0 Å². The second kappa shape index (κ2) is 6.61. The summed E-state index contributed by atoms with van der Waals surface area (Å²) in [5.41, 5.74) is 1.49. The molecule has 2 aromatic rings. The van der Waals surface area contributed by atoms with Crippen LogP contribution in [-0.2, 0) is 6.54 Å². The number of hydrogen-bond donors (Lipinski definition) is 0. The first kappa shape index (κ1) is 15.4. The summed E-state index contributed by atoms with van der Waals surface area (Å²) in [6.07, 6.45) is 0. The third-order valence-corrected chi connectivity index (χ3v) is 3.92. The van der Waals surface area contributed by atoms with Crippen LogP contribution in [0.2, 0.25) is 10.0 Å². The van der Waals surface area contributed by atoms with E-state index in [1.54, 1.807) is 36.2 Å². The number of carbonyl (C=O) groups is 1. The van der Waals surface area contributed by atoms with Crippen LogP contribution in [0.5, 0.6) is 0 Å². The maximum absolute atomic E-state index is 12.3. The zero-order chi connectivity index (χ0) is 14.7. The molecule has 2 aromatic carbocycles. The number of benzene rings is 2. The highest BCUT2D eigenvalue weighted by Gasteiger charge is 2.13. The van der Waals surface area contributed by atoms with Crippen molar-refractivity contribution in [3.63, 3.8) is 0 Å². The molecule has 1 amide bonds. The maximum atomic E-state index is 12.3. The Bertz CT molecular complexity index is 646. The lowest BCUT2D eigenvalue weighted by Gasteiger charge is -2.18. The molecule has 104 valence electrons. The van der Waals surface area contributed by atoms with E-state index in [1.807, 2.05) is 18.2 Å². The van der Waals surface area contributed by atoms with Crippen molar-refractivity contribution >= 4 is 45.0 Å². The summed E-state index contributed by atoms with van der Waals surface area (Å²) in [7, 11) is 1.74. The van der Waals surface area contributed by atoms with Crippen LogP contribution in [0.4, 0.5) is 0 Å². The number of halogens is 3. The van der Waals surface area contributed by atoms with Crippen LogP contribution < -0.4 is 0 Å². The van der Waals surface area contributed by atoms with Gasteiger partial charge in [0.2, 0.25) is 0 Å². The van der Waals surface area contributed by atoms with Gasteiger partial charge in [0.05, 0.1) is 0 Å². The van der Waals surface area contributed by atoms with Crippen LogP contribution in [0.15, 0.2) is 46.9 Å². The first-order valence-electron chi connectivity index (χ1n) is 5.92. The minimum absolute atomic E-state index is 0.0580. The van der Waals surface area contributed by atoms with Gasteiger partial charge in [-0.3, -0.25) is 4.79 Å². The monoisotopic (exact) mass is 371 g/mol. The average molecular weight is 373 g/mol. The van der Waals surface area contributed by atoms with Crippen molar-refractivity contribution in [2.45, 2.75) is 6.54 Å². The van der Waals surface area contributed by atoms with Crippen LogP contribution in [0.25, 0.3) is 0 Å². The van der Waals surface area contributed by atoms with E-state index in [9.17, 15) is 4.79 Å². The molecule has 5 heteroatoms. The molecular weight excluding hydrogens is 361 g/mol. The van der Waals surface area contributed by atoms with Crippen molar-refractivity contribution in [1.29, 1.82) is 0 Å². The Kier molecular flexibility index (Phi) is 5.08. The fourth-order valence-electron chi connectivity index (χ4n) is 1.82. The third kappa shape index (κ3) is 3.75. The van der Waals surface area contributed by atoms with Gasteiger partial charge in [-0.2, -0.15) is 0 Å². The van der Waals surface area contributed by atoms with Crippen molar-refractivity contribution in [2.75, 3.05) is 7.05 Å². The van der Waals surface area contributed by atoms with E-state index >= 15 is 0 Å². The number of nitrogens with zero attached hydrogens (tertiary/aromatic N) is 1. The smallest absolute Gasteiger partial charge is 0.253 e. The van der Waals surface area contributed by atoms with E-state index in [1.165, 1.54) is 0 Å². The van der Waals surface area contributed by atoms with E-state index in [2.05, 4.69) is 15.9 Å². The van der Waals surface area contributed by atoms with Crippen LogP contribution in [-0.4, -0.2) is 17.9 Å². The van der Waals surface area contributed by atoms with Crippen molar-refractivity contribution in [3.05, 3.63) is 68.1 Å². The molecular formula is C15H12BrCl2NO. The lowest BCUT2D eigenvalue weighted by atomic mass is 10.1. The average Bonchev–Trinajstić information content (AvgIpc) is 2.41. The molecule has 0 radical (unpaired) electrons. The Morgan fingerprint density at radius 1 is 1.20 bits per heavy atom. The Morgan fingerprint density at radius 2 is 1.95 bits per heavy atom. The van der Waals surface area contributed by atoms with Crippen molar-refractivity contribution < 1.29 is 4.79 Å². The molecule has 0 spiro atoms. The number of carbonyl (C=O) groups excluding carboxylic acids is 1. The van der Waals surface area contributed by atoms with E-state index in [0.717, 1.165) is 10.0 Å². The maximum Gasteiger partial charge on any atom is 0.253 e. The summed E-state index contributed by atoms with van der Waals surface area (Å²) >= 11 is 15.3. The quantitative estimate of drug-likeness (QED) is 0.739. The van der Waals surface area contributed by atoms with Crippen molar-refractivity contribution in [1.82, 2.24) is 4.90 Å². The standard InChI is InChI=1S/C15H12BrCl2NO/c1-19(9-11-5-6-13(17)8-14(11)18)15(20)10-3-2-4-12(16)7-10/h2-8H,9H2,1H3. The van der Waals surface area contributed by atoms with Crippen LogP contribution >= 0.6 is 39.1 Å². The fraction of sp³-hybridized carbons (Fsp3) is 0.133. The summed E-state index contributed by atoms with van der Waals surface area (Å²) in [4.78, 5) is 13.9. The molecule has 0 unspecified atom stereocenters. The summed E-state index contributed by atoms with van der Waals surface area (Å²) < 4.78 is 0.876. The Morgan fingerprint density at radius 3 is 2.60 bits per heavy atom. The normalized spacial score (nSPS) is 10.4. The van der Waals surface area contributed by atoms with Gasteiger partial charge in [-0.1, -0.05) is 51.3 Å². The highest BCUT2D eigenvalue weighted by Crippen LogP contribution is 2.22. The van der Waals surface area contributed by atoms with Crippen LogP contribution in [0.1, 0.15) is 15.9 Å². The largest absolute Gasteiger partial charge is 0.337 e. The second-order valence-electron chi connectivity index (χ2n) is 4.41. The Balaban J connectivity index is 2.15. The highest BCUT2D eigenvalue weighted by atomic mass is 79.9. The number of hydrogen-bond acceptors (Lipinski definition) is 1. The second-order valence-corrected chi connectivity index (χ2v) is 6.17.